The molecule has 0 aliphatic carbocycles. The van der Waals surface area contributed by atoms with Crippen LogP contribution in [0.2, 0.25) is 0 Å². The molecular weight excluding hydrogens is 247 g/mol. The largest absolute Gasteiger partial charge is 0.478 e. The van der Waals surface area contributed by atoms with E-state index in [2.05, 4.69) is 4.98 Å². The first kappa shape index (κ1) is 11.4. The number of pyridine rings is 1. The normalized spacial score (nSPS) is 10.8. The molecule has 0 amide bonds. The maximum atomic E-state index is 12.9. The molecule has 3 rings (SSSR count). The molecule has 0 saturated carbocycles. The second kappa shape index (κ2) is 4.20. The van der Waals surface area contributed by atoms with Crippen molar-refractivity contribution in [3.8, 4) is 11.3 Å². The fourth-order valence-corrected chi connectivity index (χ4v) is 1.94. The lowest BCUT2D eigenvalue weighted by Crippen LogP contribution is -1.99. The summed E-state index contributed by atoms with van der Waals surface area (Å²) in [6.07, 6.45) is 3.44. The summed E-state index contributed by atoms with van der Waals surface area (Å²) in [6.45, 7) is 0. The van der Waals surface area contributed by atoms with Crippen molar-refractivity contribution in [3.05, 3.63) is 60.2 Å². The van der Waals surface area contributed by atoms with Crippen LogP contribution in [0.1, 0.15) is 10.4 Å². The second-order valence-corrected chi connectivity index (χ2v) is 4.09. The van der Waals surface area contributed by atoms with Crippen LogP contribution in [0.15, 0.2) is 48.8 Å². The number of carboxylic acids is 1. The van der Waals surface area contributed by atoms with Gasteiger partial charge in [0.05, 0.1) is 5.69 Å². The number of aromatic nitrogens is 2. The van der Waals surface area contributed by atoms with Crippen LogP contribution < -0.4 is 0 Å². The van der Waals surface area contributed by atoms with E-state index < -0.39 is 5.97 Å². The summed E-state index contributed by atoms with van der Waals surface area (Å²) in [4.78, 5) is 15.4. The molecule has 19 heavy (non-hydrogen) atoms. The Balaban J connectivity index is 2.19. The molecular formula is C14H9FN2O2. The molecule has 1 aromatic carbocycles. The number of nitrogens with zero attached hydrogens (tertiary/aromatic N) is 2. The molecule has 0 aliphatic rings. The minimum Gasteiger partial charge on any atom is -0.478 e. The fourth-order valence-electron chi connectivity index (χ4n) is 1.94. The zero-order valence-electron chi connectivity index (χ0n) is 9.75. The lowest BCUT2D eigenvalue weighted by atomic mass is 10.2. The van der Waals surface area contributed by atoms with Crippen molar-refractivity contribution in [2.45, 2.75) is 0 Å². The summed E-state index contributed by atoms with van der Waals surface area (Å²) in [6, 6.07) is 9.05. The van der Waals surface area contributed by atoms with Crippen LogP contribution in [0.4, 0.5) is 4.39 Å². The summed E-state index contributed by atoms with van der Waals surface area (Å²) in [7, 11) is 0. The number of benzene rings is 1. The maximum Gasteiger partial charge on any atom is 0.339 e. The molecule has 5 heteroatoms. The van der Waals surface area contributed by atoms with E-state index in [-0.39, 0.29) is 11.4 Å². The Morgan fingerprint density at radius 3 is 2.63 bits per heavy atom. The third-order valence-electron chi connectivity index (χ3n) is 2.85. The molecule has 1 N–H and O–H groups in total. The molecule has 0 unspecified atom stereocenters. The minimum atomic E-state index is -1.03. The second-order valence-electron chi connectivity index (χ2n) is 4.09. The highest BCUT2D eigenvalue weighted by Gasteiger charge is 2.12. The summed E-state index contributed by atoms with van der Waals surface area (Å²) in [5.74, 6) is -1.35. The molecule has 2 aromatic heterocycles. The number of hydrogen-bond acceptors (Lipinski definition) is 2. The molecule has 0 fully saturated rings. The molecule has 2 heterocycles. The van der Waals surface area contributed by atoms with Crippen molar-refractivity contribution < 1.29 is 14.3 Å². The van der Waals surface area contributed by atoms with E-state index in [0.29, 0.717) is 11.3 Å². The van der Waals surface area contributed by atoms with Crippen molar-refractivity contribution in [1.82, 2.24) is 9.38 Å². The van der Waals surface area contributed by atoms with Crippen LogP contribution in [0, 0.1) is 5.82 Å². The number of carbonyl (C=O) groups is 1. The van der Waals surface area contributed by atoms with Crippen molar-refractivity contribution >= 4 is 11.6 Å². The van der Waals surface area contributed by atoms with Gasteiger partial charge in [0.1, 0.15) is 11.4 Å². The predicted molar refractivity (Wildman–Crippen MR) is 67.5 cm³/mol. The number of imidazole rings is 1. The third kappa shape index (κ3) is 1.95. The Hall–Kier alpha value is -2.69. The Morgan fingerprint density at radius 2 is 1.95 bits per heavy atom. The van der Waals surface area contributed by atoms with Gasteiger partial charge in [-0.05, 0) is 36.4 Å². The van der Waals surface area contributed by atoms with Gasteiger partial charge in [0.2, 0.25) is 0 Å². The van der Waals surface area contributed by atoms with E-state index in [1.165, 1.54) is 18.2 Å². The summed E-state index contributed by atoms with van der Waals surface area (Å²) >= 11 is 0. The van der Waals surface area contributed by atoms with Crippen molar-refractivity contribution in [3.63, 3.8) is 0 Å². The van der Waals surface area contributed by atoms with Gasteiger partial charge in [-0.3, -0.25) is 0 Å². The SMILES string of the molecule is O=C(O)c1cccn2cc(-c3ccc(F)cc3)nc12. The first-order valence-corrected chi connectivity index (χ1v) is 5.62. The molecule has 0 radical (unpaired) electrons. The van der Waals surface area contributed by atoms with Gasteiger partial charge < -0.3 is 9.51 Å². The average molecular weight is 256 g/mol. The standard InChI is InChI=1S/C14H9FN2O2/c15-10-5-3-9(4-6-10)12-8-17-7-1-2-11(14(18)19)13(17)16-12/h1-8H,(H,18,19). The zero-order chi connectivity index (χ0) is 13.4. The number of hydrogen-bond donors (Lipinski definition) is 1. The molecule has 94 valence electrons. The quantitative estimate of drug-likeness (QED) is 0.767. The van der Waals surface area contributed by atoms with Crippen LogP contribution in [0.25, 0.3) is 16.9 Å². The van der Waals surface area contributed by atoms with Gasteiger partial charge in [-0.15, -0.1) is 0 Å². The molecule has 0 aliphatic heterocycles. The molecule has 3 aromatic rings. The van der Waals surface area contributed by atoms with Crippen molar-refractivity contribution in [2.24, 2.45) is 0 Å². The van der Waals surface area contributed by atoms with Crippen molar-refractivity contribution in [2.75, 3.05) is 0 Å². The van der Waals surface area contributed by atoms with E-state index in [9.17, 15) is 9.18 Å². The highest BCUT2D eigenvalue weighted by molar-refractivity contribution is 5.94. The predicted octanol–water partition coefficient (Wildman–Crippen LogP) is 2.84. The third-order valence-corrected chi connectivity index (χ3v) is 2.85. The van der Waals surface area contributed by atoms with Gasteiger partial charge in [-0.1, -0.05) is 0 Å². The van der Waals surface area contributed by atoms with Crippen LogP contribution in [0.3, 0.4) is 0 Å². The highest BCUT2D eigenvalue weighted by atomic mass is 19.1. The van der Waals surface area contributed by atoms with Crippen LogP contribution >= 0.6 is 0 Å². The van der Waals surface area contributed by atoms with Gasteiger partial charge in [0.25, 0.3) is 0 Å². The number of carboxylic acid groups (broad SMARTS) is 1. The highest BCUT2D eigenvalue weighted by Crippen LogP contribution is 2.21. The number of rotatable bonds is 2. The van der Waals surface area contributed by atoms with E-state index in [0.717, 1.165) is 5.56 Å². The van der Waals surface area contributed by atoms with Crippen LogP contribution in [0.5, 0.6) is 0 Å². The number of aromatic carboxylic acids is 1. The average Bonchev–Trinajstić information content (AvgIpc) is 2.82. The van der Waals surface area contributed by atoms with Gasteiger partial charge in [0.15, 0.2) is 5.65 Å². The Bertz CT molecular complexity index is 763. The van der Waals surface area contributed by atoms with Gasteiger partial charge in [-0.25, -0.2) is 14.2 Å². The smallest absolute Gasteiger partial charge is 0.339 e. The molecule has 4 nitrogen and oxygen atoms in total. The molecule has 0 spiro atoms. The number of fused-ring (bicyclic) bond motifs is 1. The van der Waals surface area contributed by atoms with E-state index in [1.54, 1.807) is 35.0 Å². The topological polar surface area (TPSA) is 54.6 Å². The Kier molecular flexibility index (Phi) is 2.52. The minimum absolute atomic E-state index is 0.135. The first-order valence-electron chi connectivity index (χ1n) is 5.62. The first-order chi connectivity index (χ1) is 9.15. The van der Waals surface area contributed by atoms with Crippen LogP contribution in [-0.2, 0) is 0 Å². The molecule has 0 bridgehead atoms. The van der Waals surface area contributed by atoms with Gasteiger partial charge >= 0.3 is 5.97 Å². The van der Waals surface area contributed by atoms with Gasteiger partial charge in [-0.2, -0.15) is 0 Å². The summed E-state index contributed by atoms with van der Waals surface area (Å²) < 4.78 is 14.5. The van der Waals surface area contributed by atoms with Gasteiger partial charge in [0, 0.05) is 18.0 Å². The number of halogens is 1. The zero-order valence-corrected chi connectivity index (χ0v) is 9.75. The fraction of sp³-hybridized carbons (Fsp3) is 0. The van der Waals surface area contributed by atoms with E-state index in [1.807, 2.05) is 0 Å². The van der Waals surface area contributed by atoms with E-state index in [4.69, 9.17) is 5.11 Å². The lowest BCUT2D eigenvalue weighted by molar-refractivity contribution is 0.0698. The summed E-state index contributed by atoms with van der Waals surface area (Å²) in [5.41, 5.74) is 1.85. The monoisotopic (exact) mass is 256 g/mol. The molecule has 0 atom stereocenters. The Labute approximate surface area is 107 Å². The van der Waals surface area contributed by atoms with Crippen molar-refractivity contribution in [1.29, 1.82) is 0 Å². The maximum absolute atomic E-state index is 12.9. The van der Waals surface area contributed by atoms with E-state index >= 15 is 0 Å². The molecule has 0 saturated heterocycles. The lowest BCUT2D eigenvalue weighted by Gasteiger charge is -1.96. The van der Waals surface area contributed by atoms with Crippen LogP contribution in [-0.4, -0.2) is 20.5 Å². The summed E-state index contributed by atoms with van der Waals surface area (Å²) in [5, 5.41) is 9.10. The Morgan fingerprint density at radius 1 is 1.21 bits per heavy atom.